The summed E-state index contributed by atoms with van der Waals surface area (Å²) in [4.78, 5) is 6.12. The molecule has 1 aromatic heterocycles. The molecular formula is C4H2FN2O. The summed E-state index contributed by atoms with van der Waals surface area (Å²) in [6, 6.07) is 0. The van der Waals surface area contributed by atoms with Crippen LogP contribution in [-0.4, -0.2) is 9.97 Å². The molecule has 0 aliphatic carbocycles. The normalized spacial score (nSPS) is 9.12. The summed E-state index contributed by atoms with van der Waals surface area (Å²) in [5.41, 5.74) is 0. The highest BCUT2D eigenvalue weighted by molar-refractivity contribution is 4.97. The number of halogens is 1. The zero-order valence-electron chi connectivity index (χ0n) is 3.84. The first kappa shape index (κ1) is 4.96. The number of hydrogen-bond donors (Lipinski definition) is 0. The van der Waals surface area contributed by atoms with Crippen molar-refractivity contribution in [3.05, 3.63) is 18.3 Å². The van der Waals surface area contributed by atoms with Crippen molar-refractivity contribution in [1.82, 2.24) is 9.97 Å². The molecule has 0 saturated carbocycles. The standard InChI is InChI=1S/C4H2FN2O/c5-3-1-7-4(8)2-6-3/h1-2H. The summed E-state index contributed by atoms with van der Waals surface area (Å²) in [7, 11) is 0. The van der Waals surface area contributed by atoms with Crippen molar-refractivity contribution >= 4 is 0 Å². The highest BCUT2D eigenvalue weighted by Gasteiger charge is 1.91. The van der Waals surface area contributed by atoms with Crippen LogP contribution >= 0.6 is 0 Å². The van der Waals surface area contributed by atoms with Gasteiger partial charge in [0.15, 0.2) is 0 Å². The minimum absolute atomic E-state index is 0.522. The van der Waals surface area contributed by atoms with Gasteiger partial charge >= 0.3 is 0 Å². The minimum atomic E-state index is -0.732. The van der Waals surface area contributed by atoms with E-state index in [1.807, 2.05) is 0 Å². The van der Waals surface area contributed by atoms with Gasteiger partial charge in [-0.05, 0) is 0 Å². The van der Waals surface area contributed by atoms with Crippen LogP contribution in [0.1, 0.15) is 0 Å². The Morgan fingerprint density at radius 2 is 2.12 bits per heavy atom. The second kappa shape index (κ2) is 1.73. The molecule has 0 aromatic carbocycles. The van der Waals surface area contributed by atoms with Crippen molar-refractivity contribution in [2.75, 3.05) is 0 Å². The van der Waals surface area contributed by atoms with Crippen LogP contribution in [0.5, 0.6) is 5.88 Å². The molecule has 0 amide bonds. The molecule has 1 aromatic rings. The summed E-state index contributed by atoms with van der Waals surface area (Å²) >= 11 is 0. The molecule has 0 spiro atoms. The van der Waals surface area contributed by atoms with Gasteiger partial charge in [-0.25, -0.2) is 9.97 Å². The highest BCUT2D eigenvalue weighted by Crippen LogP contribution is 1.98. The molecule has 0 aliphatic heterocycles. The van der Waals surface area contributed by atoms with Gasteiger partial charge in [0.05, 0.1) is 12.4 Å². The fraction of sp³-hybridized carbons (Fsp3) is 0. The van der Waals surface area contributed by atoms with Crippen LogP contribution in [0.25, 0.3) is 0 Å². The van der Waals surface area contributed by atoms with Crippen LogP contribution < -0.4 is 0 Å². The molecule has 0 fully saturated rings. The molecule has 0 unspecified atom stereocenters. The maximum atomic E-state index is 11.8. The van der Waals surface area contributed by atoms with Gasteiger partial charge in [-0.2, -0.15) is 4.39 Å². The highest BCUT2D eigenvalue weighted by atomic mass is 19.1. The predicted molar refractivity (Wildman–Crippen MR) is 22.1 cm³/mol. The Bertz CT molecular complexity index is 153. The Morgan fingerprint density at radius 3 is 2.50 bits per heavy atom. The van der Waals surface area contributed by atoms with E-state index < -0.39 is 11.8 Å². The van der Waals surface area contributed by atoms with Crippen LogP contribution in [0.15, 0.2) is 12.4 Å². The zero-order valence-corrected chi connectivity index (χ0v) is 3.84. The topological polar surface area (TPSA) is 45.7 Å². The molecule has 1 radical (unpaired) electrons. The lowest BCUT2D eigenvalue weighted by atomic mass is 10.7. The maximum absolute atomic E-state index is 11.8. The van der Waals surface area contributed by atoms with Crippen molar-refractivity contribution in [3.63, 3.8) is 0 Å². The number of rotatable bonds is 0. The lowest BCUT2D eigenvalue weighted by molar-refractivity contribution is 0.332. The number of nitrogens with zero attached hydrogens (tertiary/aromatic N) is 2. The Hall–Kier alpha value is -1.19. The SMILES string of the molecule is [O]c1cnc(F)cn1. The molecule has 1 rings (SSSR count). The first-order valence-electron chi connectivity index (χ1n) is 1.93. The second-order valence-electron chi connectivity index (χ2n) is 1.18. The van der Waals surface area contributed by atoms with Gasteiger partial charge < -0.3 is 0 Å². The van der Waals surface area contributed by atoms with Gasteiger partial charge in [-0.15, -0.1) is 0 Å². The molecule has 8 heavy (non-hydrogen) atoms. The van der Waals surface area contributed by atoms with Crippen molar-refractivity contribution in [2.45, 2.75) is 0 Å². The molecule has 0 bridgehead atoms. The van der Waals surface area contributed by atoms with Gasteiger partial charge in [-0.3, -0.25) is 5.11 Å². The lowest BCUT2D eigenvalue weighted by Crippen LogP contribution is -1.80. The fourth-order valence-electron chi connectivity index (χ4n) is 0.300. The van der Waals surface area contributed by atoms with Gasteiger partial charge in [0.25, 0.3) is 5.88 Å². The summed E-state index contributed by atoms with van der Waals surface area (Å²) in [6.07, 6.45) is 1.61. The van der Waals surface area contributed by atoms with Gasteiger partial charge in [-0.1, -0.05) is 0 Å². The molecule has 3 nitrogen and oxygen atoms in total. The van der Waals surface area contributed by atoms with Gasteiger partial charge in [0.1, 0.15) is 0 Å². The van der Waals surface area contributed by atoms with Crippen LogP contribution in [0.2, 0.25) is 0 Å². The fourth-order valence-corrected chi connectivity index (χ4v) is 0.300. The Morgan fingerprint density at radius 1 is 1.38 bits per heavy atom. The molecule has 0 atom stereocenters. The monoisotopic (exact) mass is 113 g/mol. The van der Waals surface area contributed by atoms with E-state index >= 15 is 0 Å². The molecule has 1 heterocycles. The predicted octanol–water partition coefficient (Wildman–Crippen LogP) is 0.760. The summed E-state index contributed by atoms with van der Waals surface area (Å²) in [6.45, 7) is 0. The van der Waals surface area contributed by atoms with Crippen molar-refractivity contribution in [3.8, 4) is 5.88 Å². The third-order valence-corrected chi connectivity index (χ3v) is 0.597. The van der Waals surface area contributed by atoms with Crippen molar-refractivity contribution in [2.24, 2.45) is 0 Å². The average Bonchev–Trinajstić information content (AvgIpc) is 1.77. The Kier molecular flexibility index (Phi) is 1.07. The van der Waals surface area contributed by atoms with E-state index in [2.05, 4.69) is 9.97 Å². The molecular weight excluding hydrogens is 111 g/mol. The van der Waals surface area contributed by atoms with Gasteiger partial charge in [0.2, 0.25) is 5.95 Å². The Labute approximate surface area is 44.8 Å². The molecule has 0 aliphatic rings. The van der Waals surface area contributed by atoms with Gasteiger partial charge in [0, 0.05) is 0 Å². The van der Waals surface area contributed by atoms with Crippen molar-refractivity contribution < 1.29 is 9.50 Å². The Balaban J connectivity index is 3.03. The van der Waals surface area contributed by atoms with E-state index in [4.69, 9.17) is 0 Å². The van der Waals surface area contributed by atoms with E-state index in [0.29, 0.717) is 0 Å². The van der Waals surface area contributed by atoms with Crippen LogP contribution in [0, 0.1) is 5.95 Å². The molecule has 0 N–H and O–H groups in total. The molecule has 0 saturated heterocycles. The molecule has 4 heteroatoms. The molecule has 41 valence electrons. The quantitative estimate of drug-likeness (QED) is 0.498. The van der Waals surface area contributed by atoms with E-state index in [9.17, 15) is 9.50 Å². The van der Waals surface area contributed by atoms with E-state index in [1.54, 1.807) is 0 Å². The summed E-state index contributed by atoms with van der Waals surface area (Å²) < 4.78 is 11.8. The van der Waals surface area contributed by atoms with Crippen LogP contribution in [-0.2, 0) is 5.11 Å². The third kappa shape index (κ3) is 0.900. The maximum Gasteiger partial charge on any atom is 0.288 e. The lowest BCUT2D eigenvalue weighted by Gasteiger charge is -1.81. The second-order valence-corrected chi connectivity index (χ2v) is 1.18. The van der Waals surface area contributed by atoms with Crippen LogP contribution in [0.3, 0.4) is 0 Å². The van der Waals surface area contributed by atoms with Crippen LogP contribution in [0.4, 0.5) is 4.39 Å². The summed E-state index contributed by atoms with van der Waals surface area (Å²) in [5, 5.41) is 10.1. The van der Waals surface area contributed by atoms with Crippen molar-refractivity contribution in [1.29, 1.82) is 0 Å². The van der Waals surface area contributed by atoms with E-state index in [0.717, 1.165) is 12.4 Å². The summed E-state index contributed by atoms with van der Waals surface area (Å²) in [5.74, 6) is -1.25. The number of aromatic nitrogens is 2. The third-order valence-electron chi connectivity index (χ3n) is 0.597. The smallest absolute Gasteiger partial charge is 0.266 e. The minimum Gasteiger partial charge on any atom is -0.266 e. The van der Waals surface area contributed by atoms with E-state index in [-0.39, 0.29) is 0 Å². The number of hydrogen-bond acceptors (Lipinski definition) is 2. The zero-order chi connectivity index (χ0) is 5.98. The average molecular weight is 113 g/mol. The largest absolute Gasteiger partial charge is 0.288 e. The first-order valence-corrected chi connectivity index (χ1v) is 1.93. The van der Waals surface area contributed by atoms with E-state index in [1.165, 1.54) is 0 Å². The first-order chi connectivity index (χ1) is 3.79.